The number of benzene rings is 2. The number of amides is 1. The summed E-state index contributed by atoms with van der Waals surface area (Å²) < 4.78 is 24.7. The summed E-state index contributed by atoms with van der Waals surface area (Å²) in [6, 6.07) is 11.3. The number of rotatable bonds is 5. The van der Waals surface area contributed by atoms with Crippen LogP contribution < -0.4 is 4.74 Å². The molecule has 0 aromatic heterocycles. The van der Waals surface area contributed by atoms with Gasteiger partial charge in [-0.2, -0.15) is 0 Å². The third kappa shape index (κ3) is 3.68. The van der Waals surface area contributed by atoms with Crippen LogP contribution >= 0.6 is 0 Å². The minimum Gasteiger partial charge on any atom is -0.507 e. The van der Waals surface area contributed by atoms with Gasteiger partial charge in [0.15, 0.2) is 0 Å². The van der Waals surface area contributed by atoms with Gasteiger partial charge in [-0.25, -0.2) is 4.39 Å². The predicted octanol–water partition coefficient (Wildman–Crippen LogP) is 3.44. The van der Waals surface area contributed by atoms with Crippen molar-refractivity contribution in [2.75, 3.05) is 20.3 Å². The Hall–Kier alpha value is -3.19. The first-order chi connectivity index (χ1) is 14.5. The Kier molecular flexibility index (Phi) is 5.55. The SMILES string of the molecule is COc1ccc(/C(O)=C2\C(=O)C(=O)N(CC3CCCO3)C2c2cccc(F)c2)cc1. The molecule has 0 radical (unpaired) electrons. The van der Waals surface area contributed by atoms with E-state index in [2.05, 4.69) is 0 Å². The summed E-state index contributed by atoms with van der Waals surface area (Å²) in [6.45, 7) is 0.802. The molecule has 6 nitrogen and oxygen atoms in total. The lowest BCUT2D eigenvalue weighted by atomic mass is 9.95. The first-order valence-corrected chi connectivity index (χ1v) is 9.79. The van der Waals surface area contributed by atoms with Crippen molar-refractivity contribution in [2.24, 2.45) is 0 Å². The lowest BCUT2D eigenvalue weighted by Crippen LogP contribution is -2.36. The van der Waals surface area contributed by atoms with E-state index in [0.717, 1.165) is 12.8 Å². The fourth-order valence-corrected chi connectivity index (χ4v) is 4.00. The molecule has 2 aliphatic rings. The monoisotopic (exact) mass is 411 g/mol. The number of Topliss-reactive ketones (excluding diaryl/α,β-unsaturated/α-hetero) is 1. The van der Waals surface area contributed by atoms with Crippen LogP contribution in [-0.4, -0.2) is 48.1 Å². The Morgan fingerprint density at radius 3 is 2.63 bits per heavy atom. The van der Waals surface area contributed by atoms with Crippen molar-refractivity contribution in [3.8, 4) is 5.75 Å². The van der Waals surface area contributed by atoms with Crippen LogP contribution in [0.1, 0.15) is 30.0 Å². The van der Waals surface area contributed by atoms with E-state index in [-0.39, 0.29) is 24.0 Å². The standard InChI is InChI=1S/C23H22FNO5/c1-29-17-9-7-14(8-10-17)21(26)19-20(15-4-2-5-16(24)12-15)25(23(28)22(19)27)13-18-6-3-11-30-18/h2,4-5,7-10,12,18,20,26H,3,6,11,13H2,1H3/b21-19+. The minimum absolute atomic E-state index is 0.0613. The largest absolute Gasteiger partial charge is 0.507 e. The summed E-state index contributed by atoms with van der Waals surface area (Å²) in [5.41, 5.74) is 0.725. The Morgan fingerprint density at radius 2 is 2.00 bits per heavy atom. The molecule has 0 spiro atoms. The Labute approximate surface area is 173 Å². The summed E-state index contributed by atoms with van der Waals surface area (Å²) in [6.07, 6.45) is 1.46. The van der Waals surface area contributed by atoms with E-state index in [1.165, 1.54) is 30.2 Å². The number of aliphatic hydroxyl groups excluding tert-OH is 1. The molecular weight excluding hydrogens is 389 g/mol. The molecule has 2 aliphatic heterocycles. The second-order valence-corrected chi connectivity index (χ2v) is 7.37. The number of likely N-dealkylation sites (tertiary alicyclic amines) is 1. The number of aliphatic hydroxyl groups is 1. The Morgan fingerprint density at radius 1 is 1.23 bits per heavy atom. The first-order valence-electron chi connectivity index (χ1n) is 9.79. The van der Waals surface area contributed by atoms with Crippen LogP contribution in [0, 0.1) is 5.82 Å². The summed E-state index contributed by atoms with van der Waals surface area (Å²) in [5.74, 6) is -1.72. The van der Waals surface area contributed by atoms with E-state index in [9.17, 15) is 19.1 Å². The average Bonchev–Trinajstić information content (AvgIpc) is 3.36. The zero-order valence-electron chi connectivity index (χ0n) is 16.5. The van der Waals surface area contributed by atoms with Crippen LogP contribution in [0.15, 0.2) is 54.1 Å². The third-order valence-corrected chi connectivity index (χ3v) is 5.49. The number of carbonyl (C=O) groups excluding carboxylic acids is 2. The molecule has 4 rings (SSSR count). The number of methoxy groups -OCH3 is 1. The molecule has 1 N–H and O–H groups in total. The van der Waals surface area contributed by atoms with Gasteiger partial charge in [-0.15, -0.1) is 0 Å². The first kappa shape index (κ1) is 20.1. The maximum absolute atomic E-state index is 14.0. The van der Waals surface area contributed by atoms with E-state index < -0.39 is 23.5 Å². The molecule has 2 aromatic rings. The van der Waals surface area contributed by atoms with Gasteiger partial charge < -0.3 is 19.5 Å². The maximum Gasteiger partial charge on any atom is 0.295 e. The maximum atomic E-state index is 14.0. The number of ether oxygens (including phenoxy) is 2. The minimum atomic E-state index is -0.896. The molecule has 1 amide bonds. The fraction of sp³-hybridized carbons (Fsp3) is 0.304. The summed E-state index contributed by atoms with van der Waals surface area (Å²) in [5, 5.41) is 11.0. The summed E-state index contributed by atoms with van der Waals surface area (Å²) in [4.78, 5) is 27.2. The highest BCUT2D eigenvalue weighted by Gasteiger charge is 2.47. The lowest BCUT2D eigenvalue weighted by molar-refractivity contribution is -0.140. The second kappa shape index (κ2) is 8.28. The van der Waals surface area contributed by atoms with E-state index in [1.54, 1.807) is 30.3 Å². The molecule has 0 saturated carbocycles. The molecule has 2 heterocycles. The van der Waals surface area contributed by atoms with Gasteiger partial charge in [0.2, 0.25) is 0 Å². The van der Waals surface area contributed by atoms with Gasteiger partial charge in [0.1, 0.15) is 17.3 Å². The molecule has 2 fully saturated rings. The molecular formula is C23H22FNO5. The Bertz CT molecular complexity index is 995. The number of nitrogens with zero attached hydrogens (tertiary/aromatic N) is 1. The quantitative estimate of drug-likeness (QED) is 0.463. The van der Waals surface area contributed by atoms with Gasteiger partial charge in [-0.3, -0.25) is 9.59 Å². The molecule has 2 aromatic carbocycles. The van der Waals surface area contributed by atoms with Crippen molar-refractivity contribution < 1.29 is 28.6 Å². The van der Waals surface area contributed by atoms with E-state index in [0.29, 0.717) is 23.5 Å². The van der Waals surface area contributed by atoms with Crippen LogP contribution in [0.2, 0.25) is 0 Å². The van der Waals surface area contributed by atoms with Crippen LogP contribution in [-0.2, 0) is 14.3 Å². The highest BCUT2D eigenvalue weighted by molar-refractivity contribution is 6.46. The zero-order chi connectivity index (χ0) is 21.3. The van der Waals surface area contributed by atoms with Gasteiger partial charge in [0, 0.05) is 18.7 Å². The normalized spacial score (nSPS) is 23.2. The molecule has 2 saturated heterocycles. The Balaban J connectivity index is 1.81. The van der Waals surface area contributed by atoms with E-state index >= 15 is 0 Å². The number of ketones is 1. The van der Waals surface area contributed by atoms with Crippen molar-refractivity contribution in [1.29, 1.82) is 0 Å². The summed E-state index contributed by atoms with van der Waals surface area (Å²) >= 11 is 0. The van der Waals surface area contributed by atoms with Gasteiger partial charge in [0.25, 0.3) is 11.7 Å². The van der Waals surface area contributed by atoms with Gasteiger partial charge in [0.05, 0.1) is 24.8 Å². The van der Waals surface area contributed by atoms with Gasteiger partial charge in [-0.05, 0) is 54.8 Å². The molecule has 0 aliphatic carbocycles. The van der Waals surface area contributed by atoms with Gasteiger partial charge in [-0.1, -0.05) is 12.1 Å². The summed E-state index contributed by atoms with van der Waals surface area (Å²) in [7, 11) is 1.52. The molecule has 2 atom stereocenters. The van der Waals surface area contributed by atoms with Crippen LogP contribution in [0.5, 0.6) is 5.75 Å². The topological polar surface area (TPSA) is 76.1 Å². The highest BCUT2D eigenvalue weighted by atomic mass is 19.1. The van der Waals surface area contributed by atoms with Gasteiger partial charge >= 0.3 is 0 Å². The number of carbonyl (C=O) groups is 2. The smallest absolute Gasteiger partial charge is 0.295 e. The fourth-order valence-electron chi connectivity index (χ4n) is 4.00. The second-order valence-electron chi connectivity index (χ2n) is 7.37. The average molecular weight is 411 g/mol. The molecule has 0 bridgehead atoms. The molecule has 7 heteroatoms. The number of hydrogen-bond donors (Lipinski definition) is 1. The highest BCUT2D eigenvalue weighted by Crippen LogP contribution is 2.40. The van der Waals surface area contributed by atoms with Crippen LogP contribution in [0.3, 0.4) is 0 Å². The number of hydrogen-bond acceptors (Lipinski definition) is 5. The van der Waals surface area contributed by atoms with Crippen molar-refractivity contribution in [2.45, 2.75) is 25.0 Å². The third-order valence-electron chi connectivity index (χ3n) is 5.49. The molecule has 2 unspecified atom stereocenters. The van der Waals surface area contributed by atoms with Crippen LogP contribution in [0.4, 0.5) is 4.39 Å². The van der Waals surface area contributed by atoms with Crippen molar-refractivity contribution >= 4 is 17.4 Å². The van der Waals surface area contributed by atoms with Crippen molar-refractivity contribution in [3.63, 3.8) is 0 Å². The van der Waals surface area contributed by atoms with Crippen molar-refractivity contribution in [1.82, 2.24) is 4.90 Å². The zero-order valence-corrected chi connectivity index (χ0v) is 16.5. The van der Waals surface area contributed by atoms with Crippen LogP contribution in [0.25, 0.3) is 5.76 Å². The van der Waals surface area contributed by atoms with E-state index in [1.807, 2.05) is 0 Å². The lowest BCUT2D eigenvalue weighted by Gasteiger charge is -2.27. The molecule has 30 heavy (non-hydrogen) atoms. The predicted molar refractivity (Wildman–Crippen MR) is 107 cm³/mol. The number of halogens is 1. The van der Waals surface area contributed by atoms with Crippen molar-refractivity contribution in [3.05, 3.63) is 71.0 Å². The molecule has 156 valence electrons. The van der Waals surface area contributed by atoms with E-state index in [4.69, 9.17) is 9.47 Å².